The molecule has 1 aromatic carbocycles. The zero-order chi connectivity index (χ0) is 26.9. The van der Waals surface area contributed by atoms with Crippen LogP contribution in [0.15, 0.2) is 60.9 Å². The van der Waals surface area contributed by atoms with Gasteiger partial charge in [0.1, 0.15) is 23.7 Å². The molecule has 0 radical (unpaired) electrons. The Balaban J connectivity index is 1.45. The number of carbonyl (C=O) groups excluding carboxylic acids is 1. The Morgan fingerprint density at radius 1 is 1.13 bits per heavy atom. The summed E-state index contributed by atoms with van der Waals surface area (Å²) in [5.74, 6) is -0.988. The van der Waals surface area contributed by atoms with Crippen LogP contribution < -0.4 is 10.1 Å². The smallest absolute Gasteiger partial charge is 0.271 e. The quantitative estimate of drug-likeness (QED) is 0.381. The van der Waals surface area contributed by atoms with Gasteiger partial charge in [-0.15, -0.1) is 0 Å². The number of nitrogens with zero attached hydrogens (tertiary/aromatic N) is 3. The Kier molecular flexibility index (Phi) is 6.90. The number of ether oxygens (including phenoxy) is 3. The van der Waals surface area contributed by atoms with E-state index >= 15 is 0 Å². The van der Waals surface area contributed by atoms with Crippen LogP contribution in [0.2, 0.25) is 0 Å². The molecule has 1 fully saturated rings. The van der Waals surface area contributed by atoms with E-state index in [0.29, 0.717) is 40.5 Å². The first-order valence-corrected chi connectivity index (χ1v) is 12.6. The minimum Gasteiger partial charge on any atom is -0.485 e. The van der Waals surface area contributed by atoms with Crippen molar-refractivity contribution < 1.29 is 23.4 Å². The van der Waals surface area contributed by atoms with E-state index in [1.165, 1.54) is 6.07 Å². The van der Waals surface area contributed by atoms with Crippen molar-refractivity contribution in [3.8, 4) is 5.75 Å². The third-order valence-corrected chi connectivity index (χ3v) is 6.81. The fourth-order valence-corrected chi connectivity index (χ4v) is 4.67. The molecule has 9 heteroatoms. The summed E-state index contributed by atoms with van der Waals surface area (Å²) in [7, 11) is 0. The van der Waals surface area contributed by atoms with Crippen LogP contribution in [-0.4, -0.2) is 39.3 Å². The lowest BCUT2D eigenvalue weighted by atomic mass is 9.94. The molecule has 1 N–H and O–H groups in total. The number of rotatable bonds is 7. The van der Waals surface area contributed by atoms with E-state index < -0.39 is 11.3 Å². The number of hydrogen-bond acceptors (Lipinski definition) is 6. The molecule has 4 aromatic rings. The van der Waals surface area contributed by atoms with Gasteiger partial charge in [0.05, 0.1) is 24.6 Å². The topological polar surface area (TPSA) is 87.0 Å². The highest BCUT2D eigenvalue weighted by atomic mass is 19.1. The second-order valence-electron chi connectivity index (χ2n) is 9.86. The standard InChI is InChI=1S/C29H31FN4O4/c1-5-20-10-8-11-22(30)21(20)16-36-23-12-9-15-34-25(19(2)32-26(23)34)27(35)33-29(24-13-6-7-14-31-24)17-37-28(3,4)38-18-29/h6-15H,5,16-18H2,1-4H3,(H,33,35). The van der Waals surface area contributed by atoms with Crippen LogP contribution in [-0.2, 0) is 28.0 Å². The van der Waals surface area contributed by atoms with Crippen molar-refractivity contribution in [1.29, 1.82) is 0 Å². The molecule has 1 saturated heterocycles. The zero-order valence-corrected chi connectivity index (χ0v) is 22.0. The molecule has 4 heterocycles. The van der Waals surface area contributed by atoms with Crippen molar-refractivity contribution in [2.75, 3.05) is 13.2 Å². The summed E-state index contributed by atoms with van der Waals surface area (Å²) in [6.45, 7) is 7.84. The maximum absolute atomic E-state index is 14.5. The Labute approximate surface area is 220 Å². The van der Waals surface area contributed by atoms with Gasteiger partial charge in [0.15, 0.2) is 17.2 Å². The predicted octanol–water partition coefficient (Wildman–Crippen LogP) is 4.73. The fraction of sp³-hybridized carbons (Fsp3) is 0.345. The lowest BCUT2D eigenvalue weighted by molar-refractivity contribution is -0.272. The molecular weight excluding hydrogens is 487 g/mol. The molecular formula is C29H31FN4O4. The number of fused-ring (bicyclic) bond motifs is 1. The van der Waals surface area contributed by atoms with Crippen LogP contribution in [0.4, 0.5) is 4.39 Å². The Morgan fingerprint density at radius 2 is 1.92 bits per heavy atom. The highest BCUT2D eigenvalue weighted by Crippen LogP contribution is 2.31. The number of imidazole rings is 1. The average Bonchev–Trinajstić information content (AvgIpc) is 3.26. The molecule has 0 unspecified atom stereocenters. The third kappa shape index (κ3) is 4.87. The lowest BCUT2D eigenvalue weighted by Gasteiger charge is -2.43. The second kappa shape index (κ2) is 10.2. The number of pyridine rings is 2. The van der Waals surface area contributed by atoms with Crippen molar-refractivity contribution >= 4 is 11.6 Å². The summed E-state index contributed by atoms with van der Waals surface area (Å²) in [5, 5.41) is 3.12. The lowest BCUT2D eigenvalue weighted by Crippen LogP contribution is -2.59. The number of hydrogen-bond donors (Lipinski definition) is 1. The number of benzene rings is 1. The molecule has 198 valence electrons. The van der Waals surface area contributed by atoms with E-state index in [1.807, 2.05) is 45.0 Å². The highest BCUT2D eigenvalue weighted by molar-refractivity contribution is 5.95. The summed E-state index contributed by atoms with van der Waals surface area (Å²) in [4.78, 5) is 22.9. The second-order valence-corrected chi connectivity index (χ2v) is 9.86. The average molecular weight is 519 g/mol. The van der Waals surface area contributed by atoms with E-state index in [9.17, 15) is 9.18 Å². The van der Waals surface area contributed by atoms with Gasteiger partial charge in [0.2, 0.25) is 0 Å². The summed E-state index contributed by atoms with van der Waals surface area (Å²) < 4.78 is 34.1. The van der Waals surface area contributed by atoms with Crippen molar-refractivity contribution in [1.82, 2.24) is 19.7 Å². The third-order valence-electron chi connectivity index (χ3n) is 6.81. The van der Waals surface area contributed by atoms with Gasteiger partial charge in [-0.2, -0.15) is 0 Å². The van der Waals surface area contributed by atoms with Crippen LogP contribution in [0, 0.1) is 12.7 Å². The summed E-state index contributed by atoms with van der Waals surface area (Å²) in [6.07, 6.45) is 4.11. The first-order valence-electron chi connectivity index (χ1n) is 12.6. The molecule has 1 aliphatic rings. The summed E-state index contributed by atoms with van der Waals surface area (Å²) >= 11 is 0. The SMILES string of the molecule is CCc1cccc(F)c1COc1cccn2c(C(=O)NC3(c4ccccn4)COC(C)(C)OC3)c(C)nc12. The van der Waals surface area contributed by atoms with Crippen LogP contribution >= 0.6 is 0 Å². The van der Waals surface area contributed by atoms with Gasteiger partial charge in [-0.25, -0.2) is 9.37 Å². The van der Waals surface area contributed by atoms with Crippen molar-refractivity contribution in [3.63, 3.8) is 0 Å². The molecule has 0 bridgehead atoms. The van der Waals surface area contributed by atoms with E-state index in [-0.39, 0.29) is 31.5 Å². The van der Waals surface area contributed by atoms with Crippen molar-refractivity contribution in [2.45, 2.75) is 52.0 Å². The number of halogens is 1. The van der Waals surface area contributed by atoms with Gasteiger partial charge in [-0.05, 0) is 63.1 Å². The minimum absolute atomic E-state index is 0.0518. The van der Waals surface area contributed by atoms with Gasteiger partial charge in [-0.1, -0.05) is 25.1 Å². The fourth-order valence-electron chi connectivity index (χ4n) is 4.67. The maximum Gasteiger partial charge on any atom is 0.271 e. The van der Waals surface area contributed by atoms with Crippen LogP contribution in [0.5, 0.6) is 5.75 Å². The number of nitrogens with one attached hydrogen (secondary N) is 1. The van der Waals surface area contributed by atoms with Crippen molar-refractivity contribution in [2.24, 2.45) is 0 Å². The van der Waals surface area contributed by atoms with Crippen LogP contribution in [0.25, 0.3) is 5.65 Å². The Hall–Kier alpha value is -3.82. The Morgan fingerprint density at radius 3 is 2.63 bits per heavy atom. The van der Waals surface area contributed by atoms with Gasteiger partial charge in [0.25, 0.3) is 5.91 Å². The van der Waals surface area contributed by atoms with Gasteiger partial charge >= 0.3 is 0 Å². The van der Waals surface area contributed by atoms with E-state index in [1.54, 1.807) is 41.9 Å². The van der Waals surface area contributed by atoms with Gasteiger partial charge < -0.3 is 19.5 Å². The summed E-state index contributed by atoms with van der Waals surface area (Å²) in [6, 6.07) is 14.1. The van der Waals surface area contributed by atoms with E-state index in [0.717, 1.165) is 5.56 Å². The number of carbonyl (C=O) groups is 1. The number of aromatic nitrogens is 3. The zero-order valence-electron chi connectivity index (χ0n) is 22.0. The molecule has 0 saturated carbocycles. The summed E-state index contributed by atoms with van der Waals surface area (Å²) in [5.41, 5.74) is 2.38. The van der Waals surface area contributed by atoms with Gasteiger partial charge in [0, 0.05) is 18.0 Å². The predicted molar refractivity (Wildman–Crippen MR) is 139 cm³/mol. The van der Waals surface area contributed by atoms with E-state index in [2.05, 4.69) is 15.3 Å². The molecule has 1 amide bonds. The van der Waals surface area contributed by atoms with Crippen LogP contribution in [0.3, 0.4) is 0 Å². The molecule has 0 spiro atoms. The van der Waals surface area contributed by atoms with E-state index in [4.69, 9.17) is 14.2 Å². The molecule has 0 atom stereocenters. The first-order chi connectivity index (χ1) is 18.2. The molecule has 0 aliphatic carbocycles. The largest absolute Gasteiger partial charge is 0.485 e. The minimum atomic E-state index is -0.986. The number of aryl methyl sites for hydroxylation is 2. The first kappa shape index (κ1) is 25.8. The molecule has 5 rings (SSSR count). The monoisotopic (exact) mass is 518 g/mol. The van der Waals surface area contributed by atoms with Crippen LogP contribution in [0.1, 0.15) is 53.8 Å². The number of amides is 1. The van der Waals surface area contributed by atoms with Crippen molar-refractivity contribution in [3.05, 3.63) is 95.0 Å². The van der Waals surface area contributed by atoms with Gasteiger partial charge in [-0.3, -0.25) is 14.2 Å². The normalized spacial score (nSPS) is 16.3. The molecule has 8 nitrogen and oxygen atoms in total. The molecule has 38 heavy (non-hydrogen) atoms. The molecule has 3 aromatic heterocycles. The maximum atomic E-state index is 14.5. The molecule has 1 aliphatic heterocycles. The highest BCUT2D eigenvalue weighted by Gasteiger charge is 2.44. The Bertz CT molecular complexity index is 1460.